The number of nitrogens with zero attached hydrogens (tertiary/aromatic N) is 3. The number of piperidine rings is 1. The number of hydrogen-bond donors (Lipinski definition) is 1. The molecule has 2 aromatic rings. The quantitative estimate of drug-likeness (QED) is 0.616. The summed E-state index contributed by atoms with van der Waals surface area (Å²) in [6.45, 7) is 2.37. The Bertz CT molecular complexity index is 1390. The molecule has 0 aliphatic carbocycles. The van der Waals surface area contributed by atoms with Crippen molar-refractivity contribution in [2.24, 2.45) is 0 Å². The summed E-state index contributed by atoms with van der Waals surface area (Å²) in [6.07, 6.45) is 0.309. The second-order valence-corrected chi connectivity index (χ2v) is 11.1. The number of benzene rings is 2. The summed E-state index contributed by atoms with van der Waals surface area (Å²) >= 11 is 0. The van der Waals surface area contributed by atoms with Gasteiger partial charge in [-0.3, -0.25) is 19.7 Å². The number of halogens is 2. The lowest BCUT2D eigenvalue weighted by atomic mass is 10.0. The lowest BCUT2D eigenvalue weighted by Gasteiger charge is -2.36. The number of aryl methyl sites for hydroxylation is 1. The van der Waals surface area contributed by atoms with Gasteiger partial charge in [-0.05, 0) is 49.2 Å². The van der Waals surface area contributed by atoms with Crippen LogP contribution in [0.5, 0.6) is 0 Å². The van der Waals surface area contributed by atoms with E-state index >= 15 is 0 Å². The van der Waals surface area contributed by atoms with Crippen LogP contribution in [0, 0.1) is 18.6 Å². The van der Waals surface area contributed by atoms with Crippen LogP contribution in [-0.2, 0) is 26.2 Å². The van der Waals surface area contributed by atoms with E-state index in [9.17, 15) is 31.6 Å². The molecule has 0 aromatic heterocycles. The van der Waals surface area contributed by atoms with Crippen LogP contribution in [-0.4, -0.2) is 67.6 Å². The van der Waals surface area contributed by atoms with Crippen LogP contribution < -0.4 is 10.2 Å². The molecule has 1 N–H and O–H groups in total. The second-order valence-electron chi connectivity index (χ2n) is 9.15. The van der Waals surface area contributed by atoms with Crippen LogP contribution in [0.2, 0.25) is 0 Å². The molecule has 12 heteroatoms. The molecule has 3 heterocycles. The topological polar surface area (TPSA) is 107 Å². The fraction of sp³-hybridized carbons (Fsp3) is 0.375. The number of carbonyl (C=O) groups is 3. The molecule has 3 aliphatic rings. The molecule has 3 amide bonds. The van der Waals surface area contributed by atoms with E-state index in [0.717, 1.165) is 12.1 Å². The zero-order valence-corrected chi connectivity index (χ0v) is 20.3. The van der Waals surface area contributed by atoms with Crippen molar-refractivity contribution in [1.82, 2.24) is 14.5 Å². The highest BCUT2D eigenvalue weighted by Crippen LogP contribution is 2.36. The molecule has 0 saturated carbocycles. The van der Waals surface area contributed by atoms with Gasteiger partial charge in [-0.2, -0.15) is 4.31 Å². The predicted octanol–water partition coefficient (Wildman–Crippen LogP) is 1.55. The van der Waals surface area contributed by atoms with Crippen molar-refractivity contribution >= 4 is 33.4 Å². The third-order valence-corrected chi connectivity index (χ3v) is 8.99. The molecule has 2 aromatic carbocycles. The lowest BCUT2D eigenvalue weighted by molar-refractivity contribution is -0.136. The van der Waals surface area contributed by atoms with Crippen molar-refractivity contribution in [2.45, 2.75) is 37.2 Å². The number of amides is 3. The zero-order valence-electron chi connectivity index (χ0n) is 19.5. The van der Waals surface area contributed by atoms with Crippen LogP contribution in [0.15, 0.2) is 35.2 Å². The minimum atomic E-state index is -3.85. The van der Waals surface area contributed by atoms with E-state index < -0.39 is 45.4 Å². The van der Waals surface area contributed by atoms with Gasteiger partial charge in [0, 0.05) is 56.0 Å². The average molecular weight is 519 g/mol. The molecule has 0 spiro atoms. The number of sulfonamides is 1. The first-order valence-electron chi connectivity index (χ1n) is 11.5. The van der Waals surface area contributed by atoms with Gasteiger partial charge in [-0.15, -0.1) is 0 Å². The molecule has 1 unspecified atom stereocenters. The Kier molecular flexibility index (Phi) is 6.03. The van der Waals surface area contributed by atoms with E-state index in [2.05, 4.69) is 5.32 Å². The molecule has 190 valence electrons. The molecular formula is C24H24F2N4O5S. The van der Waals surface area contributed by atoms with Crippen molar-refractivity contribution in [2.75, 3.05) is 31.1 Å². The van der Waals surface area contributed by atoms with Gasteiger partial charge in [-0.25, -0.2) is 17.2 Å². The highest BCUT2D eigenvalue weighted by atomic mass is 32.2. The van der Waals surface area contributed by atoms with Crippen molar-refractivity contribution < 1.29 is 31.6 Å². The number of rotatable bonds is 4. The van der Waals surface area contributed by atoms with Gasteiger partial charge in [0.1, 0.15) is 17.7 Å². The number of imide groups is 1. The molecule has 3 aliphatic heterocycles. The van der Waals surface area contributed by atoms with Crippen molar-refractivity contribution in [3.8, 4) is 0 Å². The smallest absolute Gasteiger partial charge is 0.255 e. The Morgan fingerprint density at radius 1 is 0.972 bits per heavy atom. The summed E-state index contributed by atoms with van der Waals surface area (Å²) in [4.78, 5) is 40.1. The Hall–Kier alpha value is -3.38. The lowest BCUT2D eigenvalue weighted by Crippen LogP contribution is -2.52. The Morgan fingerprint density at radius 2 is 1.69 bits per heavy atom. The Morgan fingerprint density at radius 3 is 2.36 bits per heavy atom. The minimum absolute atomic E-state index is 0.0366. The first-order chi connectivity index (χ1) is 17.1. The number of hydrogen-bond acceptors (Lipinski definition) is 6. The molecule has 5 rings (SSSR count). The maximum Gasteiger partial charge on any atom is 0.255 e. The second kappa shape index (κ2) is 8.93. The Balaban J connectivity index is 1.36. The summed E-state index contributed by atoms with van der Waals surface area (Å²) in [5.41, 5.74) is 1.51. The molecular weight excluding hydrogens is 494 g/mol. The van der Waals surface area contributed by atoms with Gasteiger partial charge in [0.15, 0.2) is 0 Å². The first kappa shape index (κ1) is 24.3. The highest BCUT2D eigenvalue weighted by Gasteiger charge is 2.41. The monoisotopic (exact) mass is 518 g/mol. The maximum atomic E-state index is 14.6. The number of anilines is 1. The van der Waals surface area contributed by atoms with E-state index in [-0.39, 0.29) is 56.0 Å². The van der Waals surface area contributed by atoms with Crippen LogP contribution >= 0.6 is 0 Å². The van der Waals surface area contributed by atoms with Gasteiger partial charge in [0.05, 0.1) is 4.90 Å². The zero-order chi connectivity index (χ0) is 25.8. The van der Waals surface area contributed by atoms with Crippen LogP contribution in [0.4, 0.5) is 14.5 Å². The van der Waals surface area contributed by atoms with E-state index in [4.69, 9.17) is 0 Å². The third-order valence-electron chi connectivity index (χ3n) is 6.93. The number of carbonyl (C=O) groups excluding carboxylic acids is 3. The molecule has 0 radical (unpaired) electrons. The van der Waals surface area contributed by atoms with Crippen molar-refractivity contribution in [3.05, 3.63) is 58.7 Å². The van der Waals surface area contributed by atoms with E-state index in [1.807, 2.05) is 4.90 Å². The summed E-state index contributed by atoms with van der Waals surface area (Å²) in [7, 11) is -3.85. The van der Waals surface area contributed by atoms with Crippen LogP contribution in [0.3, 0.4) is 0 Å². The van der Waals surface area contributed by atoms with E-state index in [1.54, 1.807) is 0 Å². The fourth-order valence-electron chi connectivity index (χ4n) is 5.10. The van der Waals surface area contributed by atoms with E-state index in [0.29, 0.717) is 16.8 Å². The van der Waals surface area contributed by atoms with Gasteiger partial charge in [0.2, 0.25) is 21.8 Å². The van der Waals surface area contributed by atoms with Gasteiger partial charge < -0.3 is 9.80 Å². The SMILES string of the molecule is Cc1cc(F)ccc1S(=O)(=O)N1CCN(c2cc(F)cc3c2CN(C2CCC(=O)NC2=O)C3=O)CC1. The molecule has 2 saturated heterocycles. The van der Waals surface area contributed by atoms with Crippen LogP contribution in [0.1, 0.15) is 34.3 Å². The maximum absolute atomic E-state index is 14.6. The fourth-order valence-corrected chi connectivity index (χ4v) is 6.73. The Labute approximate surface area is 206 Å². The van der Waals surface area contributed by atoms with E-state index in [1.165, 1.54) is 34.3 Å². The highest BCUT2D eigenvalue weighted by molar-refractivity contribution is 7.89. The molecule has 1 atom stereocenters. The molecule has 9 nitrogen and oxygen atoms in total. The molecule has 0 bridgehead atoms. The summed E-state index contributed by atoms with van der Waals surface area (Å²) < 4.78 is 55.6. The largest absolute Gasteiger partial charge is 0.369 e. The third kappa shape index (κ3) is 4.13. The van der Waals surface area contributed by atoms with Gasteiger partial charge in [-0.1, -0.05) is 0 Å². The van der Waals surface area contributed by atoms with Crippen LogP contribution in [0.25, 0.3) is 0 Å². The van der Waals surface area contributed by atoms with Crippen molar-refractivity contribution in [1.29, 1.82) is 0 Å². The number of piperazine rings is 1. The molecule has 2 fully saturated rings. The summed E-state index contributed by atoms with van der Waals surface area (Å²) in [5.74, 6) is -2.55. The standard InChI is InChI=1S/C24H24F2N4O5S/c1-14-10-15(25)2-4-21(14)36(34,35)29-8-6-28(7-9-29)20-12-16(26)11-17-18(20)13-30(24(17)33)19-3-5-22(31)27-23(19)32/h2,4,10-12,19H,3,5-9,13H2,1H3,(H,27,31,32). The van der Waals surface area contributed by atoms with Gasteiger partial charge >= 0.3 is 0 Å². The first-order valence-corrected chi connectivity index (χ1v) is 13.0. The minimum Gasteiger partial charge on any atom is -0.369 e. The van der Waals surface area contributed by atoms with Gasteiger partial charge in [0.25, 0.3) is 5.91 Å². The summed E-state index contributed by atoms with van der Waals surface area (Å²) in [6, 6.07) is 5.17. The predicted molar refractivity (Wildman–Crippen MR) is 125 cm³/mol. The number of nitrogens with one attached hydrogen (secondary N) is 1. The number of fused-ring (bicyclic) bond motifs is 1. The summed E-state index contributed by atoms with van der Waals surface area (Å²) in [5, 5.41) is 2.24. The normalized spacial score (nSPS) is 21.1. The average Bonchev–Trinajstić information content (AvgIpc) is 3.14. The molecule has 36 heavy (non-hydrogen) atoms. The van der Waals surface area contributed by atoms with Crippen molar-refractivity contribution in [3.63, 3.8) is 0 Å².